The number of nitrogens with one attached hydrogen (secondary N) is 1. The van der Waals surface area contributed by atoms with Crippen molar-refractivity contribution in [1.82, 2.24) is 5.32 Å². The number of carboxylic acids is 1. The van der Waals surface area contributed by atoms with E-state index in [1.54, 1.807) is 0 Å². The van der Waals surface area contributed by atoms with Crippen molar-refractivity contribution >= 4 is 11.9 Å². The smallest absolute Gasteiger partial charge is 0.335 e. The number of carbonyl (C=O) groups excluding carboxylic acids is 1. The molecular weight excluding hydrogens is 260 g/mol. The molecule has 0 aliphatic heterocycles. The molecule has 0 aliphatic rings. The van der Waals surface area contributed by atoms with Crippen LogP contribution in [0.25, 0.3) is 0 Å². The van der Waals surface area contributed by atoms with E-state index in [4.69, 9.17) is 9.84 Å². The van der Waals surface area contributed by atoms with Crippen LogP contribution in [0, 0.1) is 11.6 Å². The SMILES string of the molecule is CNC(=O)CCCOc1c(F)cc(C(=O)O)cc1F. The van der Waals surface area contributed by atoms with E-state index in [1.807, 2.05) is 0 Å². The quantitative estimate of drug-likeness (QED) is 0.771. The Bertz CT molecular complexity index is 468. The maximum atomic E-state index is 13.4. The molecule has 1 aromatic carbocycles. The molecule has 0 atom stereocenters. The lowest BCUT2D eigenvalue weighted by Crippen LogP contribution is -2.18. The fraction of sp³-hybridized carbons (Fsp3) is 0.333. The van der Waals surface area contributed by atoms with Crippen LogP contribution in [0.3, 0.4) is 0 Å². The average Bonchev–Trinajstić information content (AvgIpc) is 2.36. The lowest BCUT2D eigenvalue weighted by Gasteiger charge is -2.08. The van der Waals surface area contributed by atoms with Crippen LogP contribution in [0.2, 0.25) is 0 Å². The number of aromatic carboxylic acids is 1. The van der Waals surface area contributed by atoms with E-state index < -0.39 is 28.9 Å². The molecule has 0 radical (unpaired) electrons. The van der Waals surface area contributed by atoms with E-state index in [9.17, 15) is 18.4 Å². The summed E-state index contributed by atoms with van der Waals surface area (Å²) in [5.74, 6) is -4.44. The summed E-state index contributed by atoms with van der Waals surface area (Å²) in [6.07, 6.45) is 0.464. The second-order valence-corrected chi connectivity index (χ2v) is 3.70. The first-order chi connectivity index (χ1) is 8.95. The third kappa shape index (κ3) is 4.20. The Hall–Kier alpha value is -2.18. The third-order valence-corrected chi connectivity index (χ3v) is 2.32. The molecule has 19 heavy (non-hydrogen) atoms. The first-order valence-corrected chi connectivity index (χ1v) is 5.51. The molecule has 1 aromatic rings. The van der Waals surface area contributed by atoms with Gasteiger partial charge in [-0.25, -0.2) is 13.6 Å². The van der Waals surface area contributed by atoms with Crippen LogP contribution in [0.5, 0.6) is 5.75 Å². The topological polar surface area (TPSA) is 75.6 Å². The van der Waals surface area contributed by atoms with Crippen molar-refractivity contribution in [1.29, 1.82) is 0 Å². The number of hydrogen-bond acceptors (Lipinski definition) is 3. The van der Waals surface area contributed by atoms with E-state index in [0.29, 0.717) is 18.6 Å². The minimum Gasteiger partial charge on any atom is -0.488 e. The predicted molar refractivity (Wildman–Crippen MR) is 62.1 cm³/mol. The highest BCUT2D eigenvalue weighted by atomic mass is 19.1. The molecule has 0 fully saturated rings. The fourth-order valence-electron chi connectivity index (χ4n) is 1.35. The summed E-state index contributed by atoms with van der Waals surface area (Å²) in [4.78, 5) is 21.5. The van der Waals surface area contributed by atoms with E-state index >= 15 is 0 Å². The molecular formula is C12H13F2NO4. The maximum Gasteiger partial charge on any atom is 0.335 e. The van der Waals surface area contributed by atoms with Crippen molar-refractivity contribution in [2.75, 3.05) is 13.7 Å². The summed E-state index contributed by atoms with van der Waals surface area (Å²) >= 11 is 0. The van der Waals surface area contributed by atoms with Gasteiger partial charge in [0.2, 0.25) is 5.91 Å². The first kappa shape index (κ1) is 14.9. The molecule has 5 nitrogen and oxygen atoms in total. The Morgan fingerprint density at radius 3 is 2.37 bits per heavy atom. The molecule has 0 aromatic heterocycles. The number of hydrogen-bond donors (Lipinski definition) is 2. The van der Waals surface area contributed by atoms with Gasteiger partial charge in [0.05, 0.1) is 12.2 Å². The zero-order valence-electron chi connectivity index (χ0n) is 10.2. The first-order valence-electron chi connectivity index (χ1n) is 5.51. The van der Waals surface area contributed by atoms with Gasteiger partial charge in [0.25, 0.3) is 0 Å². The molecule has 1 rings (SSSR count). The zero-order chi connectivity index (χ0) is 14.4. The molecule has 0 saturated heterocycles. The average molecular weight is 273 g/mol. The van der Waals surface area contributed by atoms with Gasteiger partial charge in [0.1, 0.15) is 0 Å². The molecule has 0 bridgehead atoms. The van der Waals surface area contributed by atoms with Crippen molar-refractivity contribution in [3.8, 4) is 5.75 Å². The van der Waals surface area contributed by atoms with Gasteiger partial charge >= 0.3 is 5.97 Å². The van der Waals surface area contributed by atoms with E-state index in [1.165, 1.54) is 7.05 Å². The van der Waals surface area contributed by atoms with Crippen molar-refractivity contribution in [2.24, 2.45) is 0 Å². The van der Waals surface area contributed by atoms with Gasteiger partial charge in [-0.3, -0.25) is 4.79 Å². The van der Waals surface area contributed by atoms with Crippen LogP contribution >= 0.6 is 0 Å². The van der Waals surface area contributed by atoms with Crippen LogP contribution in [0.1, 0.15) is 23.2 Å². The van der Waals surface area contributed by atoms with Crippen LogP contribution < -0.4 is 10.1 Å². The minimum atomic E-state index is -1.43. The van der Waals surface area contributed by atoms with Crippen molar-refractivity contribution < 1.29 is 28.2 Å². The Labute approximate surface area is 108 Å². The largest absolute Gasteiger partial charge is 0.488 e. The lowest BCUT2D eigenvalue weighted by molar-refractivity contribution is -0.120. The fourth-order valence-corrected chi connectivity index (χ4v) is 1.35. The number of carbonyl (C=O) groups is 2. The molecule has 104 valence electrons. The second-order valence-electron chi connectivity index (χ2n) is 3.70. The third-order valence-electron chi connectivity index (χ3n) is 2.32. The summed E-state index contributed by atoms with van der Waals surface area (Å²) in [6, 6.07) is 1.36. The van der Waals surface area contributed by atoms with E-state index in [-0.39, 0.29) is 18.9 Å². The molecule has 0 spiro atoms. The van der Waals surface area contributed by atoms with Crippen LogP contribution in [0.15, 0.2) is 12.1 Å². The highest BCUT2D eigenvalue weighted by molar-refractivity contribution is 5.87. The Kier molecular flexibility index (Phi) is 5.23. The lowest BCUT2D eigenvalue weighted by atomic mass is 10.2. The minimum absolute atomic E-state index is 0.0479. The number of carboxylic acid groups (broad SMARTS) is 1. The van der Waals surface area contributed by atoms with Gasteiger partial charge in [0, 0.05) is 13.5 Å². The summed E-state index contributed by atoms with van der Waals surface area (Å²) < 4.78 is 31.7. The van der Waals surface area contributed by atoms with Crippen LogP contribution in [0.4, 0.5) is 8.78 Å². The molecule has 0 unspecified atom stereocenters. The Morgan fingerprint density at radius 2 is 1.89 bits per heavy atom. The highest BCUT2D eigenvalue weighted by Crippen LogP contribution is 2.23. The number of ether oxygens (including phenoxy) is 1. The summed E-state index contributed by atoms with van der Waals surface area (Å²) in [5, 5.41) is 11.0. The van der Waals surface area contributed by atoms with Gasteiger partial charge in [-0.2, -0.15) is 0 Å². The molecule has 0 heterocycles. The van der Waals surface area contributed by atoms with E-state index in [2.05, 4.69) is 5.32 Å². The Balaban J connectivity index is 2.64. The number of rotatable bonds is 6. The molecule has 0 saturated carbocycles. The molecule has 1 amide bonds. The molecule has 7 heteroatoms. The predicted octanol–water partition coefficient (Wildman–Crippen LogP) is 1.57. The standard InChI is InChI=1S/C12H13F2NO4/c1-15-10(16)3-2-4-19-11-8(13)5-7(12(17)18)6-9(11)14/h5-6H,2-4H2,1H3,(H,15,16)(H,17,18). The van der Waals surface area contributed by atoms with Gasteiger partial charge in [-0.15, -0.1) is 0 Å². The van der Waals surface area contributed by atoms with Gasteiger partial charge in [0.15, 0.2) is 17.4 Å². The van der Waals surface area contributed by atoms with Gasteiger partial charge in [-0.1, -0.05) is 0 Å². The molecule has 0 aliphatic carbocycles. The van der Waals surface area contributed by atoms with Gasteiger partial charge < -0.3 is 15.2 Å². The van der Waals surface area contributed by atoms with Crippen molar-refractivity contribution in [2.45, 2.75) is 12.8 Å². The normalized spacial score (nSPS) is 10.1. The summed E-state index contributed by atoms with van der Waals surface area (Å²) in [6.45, 7) is -0.0479. The number of benzene rings is 1. The maximum absolute atomic E-state index is 13.4. The van der Waals surface area contributed by atoms with Gasteiger partial charge in [-0.05, 0) is 18.6 Å². The zero-order valence-corrected chi connectivity index (χ0v) is 10.2. The molecule has 2 N–H and O–H groups in total. The van der Waals surface area contributed by atoms with Crippen molar-refractivity contribution in [3.05, 3.63) is 29.3 Å². The van der Waals surface area contributed by atoms with Crippen molar-refractivity contribution in [3.63, 3.8) is 0 Å². The number of amides is 1. The highest BCUT2D eigenvalue weighted by Gasteiger charge is 2.15. The Morgan fingerprint density at radius 1 is 1.32 bits per heavy atom. The monoisotopic (exact) mass is 273 g/mol. The second kappa shape index (κ2) is 6.67. The van der Waals surface area contributed by atoms with E-state index in [0.717, 1.165) is 0 Å². The summed E-state index contributed by atoms with van der Waals surface area (Å²) in [7, 11) is 1.48. The summed E-state index contributed by atoms with van der Waals surface area (Å²) in [5.41, 5.74) is -0.493. The number of halogens is 2. The van der Waals surface area contributed by atoms with Crippen LogP contribution in [-0.2, 0) is 4.79 Å². The van der Waals surface area contributed by atoms with Crippen LogP contribution in [-0.4, -0.2) is 30.6 Å².